The van der Waals surface area contributed by atoms with Crippen molar-refractivity contribution in [2.75, 3.05) is 19.6 Å². The number of amides is 2. The van der Waals surface area contributed by atoms with Gasteiger partial charge in [0.2, 0.25) is 11.8 Å². The van der Waals surface area contributed by atoms with Gasteiger partial charge >= 0.3 is 0 Å². The molecule has 2 aliphatic heterocycles. The number of para-hydroxylation sites is 1. The fourth-order valence-electron chi connectivity index (χ4n) is 5.26. The van der Waals surface area contributed by atoms with Crippen molar-refractivity contribution in [3.05, 3.63) is 64.9 Å². The van der Waals surface area contributed by atoms with E-state index in [2.05, 4.69) is 19.9 Å². The van der Waals surface area contributed by atoms with Crippen molar-refractivity contribution in [1.82, 2.24) is 34.3 Å². The third-order valence-corrected chi connectivity index (χ3v) is 7.98. The molecular weight excluding hydrogens is 462 g/mol. The first-order valence-corrected chi connectivity index (χ1v) is 12.9. The van der Waals surface area contributed by atoms with E-state index in [0.29, 0.717) is 39.3 Å². The molecule has 0 saturated carbocycles. The number of benzene rings is 1. The van der Waals surface area contributed by atoms with Crippen LogP contribution in [0.2, 0.25) is 0 Å². The zero-order valence-electron chi connectivity index (χ0n) is 19.4. The van der Waals surface area contributed by atoms with Crippen LogP contribution < -0.4 is 0 Å². The van der Waals surface area contributed by atoms with Crippen LogP contribution in [0.25, 0.3) is 11.0 Å². The normalized spacial score (nSPS) is 19.2. The fourth-order valence-corrected chi connectivity index (χ4v) is 5.98. The van der Waals surface area contributed by atoms with E-state index in [0.717, 1.165) is 34.6 Å². The standard InChI is InChI=1S/C25H27N7O2S/c33-23-14-19(15-31(23)16-20-4-3-13-35-20)25(34)29-10-7-18(8-11-29)24-26-9-12-30(24)17-32-22-6-2-1-5-21(22)27-28-32/h1-6,9,12-13,18-19H,7-8,10-11,14-17H2. The summed E-state index contributed by atoms with van der Waals surface area (Å²) in [7, 11) is 0. The first kappa shape index (κ1) is 22.0. The molecule has 0 spiro atoms. The molecule has 2 amide bonds. The Labute approximate surface area is 207 Å². The zero-order chi connectivity index (χ0) is 23.8. The molecular formula is C25H27N7O2S. The van der Waals surface area contributed by atoms with Crippen LogP contribution in [0.15, 0.2) is 54.2 Å². The van der Waals surface area contributed by atoms with Crippen LogP contribution in [0.5, 0.6) is 0 Å². The van der Waals surface area contributed by atoms with Crippen LogP contribution in [0.3, 0.4) is 0 Å². The molecule has 0 radical (unpaired) electrons. The van der Waals surface area contributed by atoms with E-state index in [1.807, 2.05) is 68.7 Å². The average Bonchev–Trinajstić information content (AvgIpc) is 3.69. The van der Waals surface area contributed by atoms with Crippen LogP contribution in [-0.4, -0.2) is 65.8 Å². The van der Waals surface area contributed by atoms with Crippen molar-refractivity contribution in [3.63, 3.8) is 0 Å². The van der Waals surface area contributed by atoms with Gasteiger partial charge in [0.05, 0.1) is 18.0 Å². The number of hydrogen-bond acceptors (Lipinski definition) is 6. The number of fused-ring (bicyclic) bond motifs is 1. The Morgan fingerprint density at radius 3 is 2.80 bits per heavy atom. The molecule has 2 aliphatic rings. The summed E-state index contributed by atoms with van der Waals surface area (Å²) in [6.45, 7) is 3.06. The molecule has 6 rings (SSSR count). The van der Waals surface area contributed by atoms with Crippen LogP contribution in [0, 0.1) is 5.92 Å². The van der Waals surface area contributed by atoms with Gasteiger partial charge < -0.3 is 14.4 Å². The van der Waals surface area contributed by atoms with Gasteiger partial charge in [-0.05, 0) is 36.4 Å². The molecule has 1 aromatic carbocycles. The van der Waals surface area contributed by atoms with Gasteiger partial charge in [-0.1, -0.05) is 23.4 Å². The highest BCUT2D eigenvalue weighted by molar-refractivity contribution is 7.09. The molecule has 9 nitrogen and oxygen atoms in total. The molecule has 3 aromatic heterocycles. The number of aromatic nitrogens is 5. The summed E-state index contributed by atoms with van der Waals surface area (Å²) in [5.41, 5.74) is 1.87. The van der Waals surface area contributed by atoms with Gasteiger partial charge in [-0.15, -0.1) is 16.4 Å². The second kappa shape index (κ2) is 9.26. The Bertz CT molecular complexity index is 1340. The maximum atomic E-state index is 13.2. The SMILES string of the molecule is O=C1CC(C(=O)N2CCC(c3nccn3Cn3nnc4ccccc43)CC2)CN1Cc1cccs1. The second-order valence-electron chi connectivity index (χ2n) is 9.33. The quantitative estimate of drug-likeness (QED) is 0.416. The number of thiophene rings is 1. The molecule has 180 valence electrons. The van der Waals surface area contributed by atoms with Crippen molar-refractivity contribution in [1.29, 1.82) is 0 Å². The summed E-state index contributed by atoms with van der Waals surface area (Å²) in [6.07, 6.45) is 5.86. The maximum Gasteiger partial charge on any atom is 0.227 e. The van der Waals surface area contributed by atoms with Crippen molar-refractivity contribution in [3.8, 4) is 0 Å². The summed E-state index contributed by atoms with van der Waals surface area (Å²) >= 11 is 1.64. The monoisotopic (exact) mass is 489 g/mol. The first-order valence-electron chi connectivity index (χ1n) is 12.0. The second-order valence-corrected chi connectivity index (χ2v) is 10.4. The smallest absolute Gasteiger partial charge is 0.227 e. The lowest BCUT2D eigenvalue weighted by Gasteiger charge is -2.33. The number of carbonyl (C=O) groups excluding carboxylic acids is 2. The van der Waals surface area contributed by atoms with Gasteiger partial charge in [-0.25, -0.2) is 9.67 Å². The number of hydrogen-bond donors (Lipinski definition) is 0. The van der Waals surface area contributed by atoms with Crippen molar-refractivity contribution >= 4 is 34.2 Å². The molecule has 1 atom stereocenters. The number of piperidine rings is 1. The molecule has 0 N–H and O–H groups in total. The van der Waals surface area contributed by atoms with Crippen LogP contribution in [0.4, 0.5) is 0 Å². The van der Waals surface area contributed by atoms with Crippen molar-refractivity contribution in [2.45, 2.75) is 38.4 Å². The molecule has 5 heterocycles. The van der Waals surface area contributed by atoms with Crippen molar-refractivity contribution in [2.24, 2.45) is 5.92 Å². The van der Waals surface area contributed by atoms with Crippen LogP contribution in [-0.2, 0) is 22.8 Å². The summed E-state index contributed by atoms with van der Waals surface area (Å²) in [5.74, 6) is 1.26. The van der Waals surface area contributed by atoms with Crippen LogP contribution >= 0.6 is 11.3 Å². The minimum absolute atomic E-state index is 0.0781. The number of imidazole rings is 1. The highest BCUT2D eigenvalue weighted by atomic mass is 32.1. The van der Waals surface area contributed by atoms with E-state index in [1.54, 1.807) is 11.3 Å². The van der Waals surface area contributed by atoms with E-state index in [-0.39, 0.29) is 23.7 Å². The highest BCUT2D eigenvalue weighted by Crippen LogP contribution is 2.30. The number of carbonyl (C=O) groups is 2. The number of nitrogens with zero attached hydrogens (tertiary/aromatic N) is 7. The molecule has 2 saturated heterocycles. The molecule has 0 bridgehead atoms. The van der Waals surface area contributed by atoms with E-state index in [1.165, 1.54) is 0 Å². The van der Waals surface area contributed by atoms with E-state index >= 15 is 0 Å². The Hall–Kier alpha value is -3.53. The minimum Gasteiger partial charge on any atom is -0.342 e. The highest BCUT2D eigenvalue weighted by Gasteiger charge is 2.38. The first-order chi connectivity index (χ1) is 17.2. The fraction of sp³-hybridized carbons (Fsp3) is 0.400. The van der Waals surface area contributed by atoms with Gasteiger partial charge in [0.25, 0.3) is 0 Å². The Morgan fingerprint density at radius 1 is 1.11 bits per heavy atom. The molecule has 0 aliphatic carbocycles. The van der Waals surface area contributed by atoms with Crippen LogP contribution in [0.1, 0.15) is 35.9 Å². The van der Waals surface area contributed by atoms with E-state index in [4.69, 9.17) is 0 Å². The zero-order valence-corrected chi connectivity index (χ0v) is 20.2. The lowest BCUT2D eigenvalue weighted by atomic mass is 9.94. The maximum absolute atomic E-state index is 13.2. The number of rotatable bonds is 6. The predicted molar refractivity (Wildman–Crippen MR) is 132 cm³/mol. The Balaban J connectivity index is 1.07. The molecule has 35 heavy (non-hydrogen) atoms. The van der Waals surface area contributed by atoms with E-state index in [9.17, 15) is 9.59 Å². The summed E-state index contributed by atoms with van der Waals surface area (Å²) in [6, 6.07) is 12.0. The minimum atomic E-state index is -0.235. The summed E-state index contributed by atoms with van der Waals surface area (Å²) in [4.78, 5) is 35.3. The average molecular weight is 490 g/mol. The van der Waals surface area contributed by atoms with E-state index < -0.39 is 0 Å². The number of likely N-dealkylation sites (tertiary alicyclic amines) is 2. The third kappa shape index (κ3) is 4.34. The molecule has 4 aromatic rings. The largest absolute Gasteiger partial charge is 0.342 e. The Kier molecular flexibility index (Phi) is 5.81. The molecule has 10 heteroatoms. The van der Waals surface area contributed by atoms with Gasteiger partial charge in [0.1, 0.15) is 18.0 Å². The Morgan fingerprint density at radius 2 is 1.97 bits per heavy atom. The summed E-state index contributed by atoms with van der Waals surface area (Å²) < 4.78 is 4.01. The molecule has 1 unspecified atom stereocenters. The van der Waals surface area contributed by atoms with Crippen molar-refractivity contribution < 1.29 is 9.59 Å². The third-order valence-electron chi connectivity index (χ3n) is 7.12. The lowest BCUT2D eigenvalue weighted by molar-refractivity contribution is -0.136. The van der Waals surface area contributed by atoms with Gasteiger partial charge in [-0.3, -0.25) is 9.59 Å². The van der Waals surface area contributed by atoms with Gasteiger partial charge in [-0.2, -0.15) is 0 Å². The lowest BCUT2D eigenvalue weighted by Crippen LogP contribution is -2.42. The topological polar surface area (TPSA) is 89.2 Å². The predicted octanol–water partition coefficient (Wildman–Crippen LogP) is 2.95. The molecule has 2 fully saturated rings. The summed E-state index contributed by atoms with van der Waals surface area (Å²) in [5, 5.41) is 10.6. The van der Waals surface area contributed by atoms with Gasteiger partial charge in [0.15, 0.2) is 0 Å². The van der Waals surface area contributed by atoms with Gasteiger partial charge in [0, 0.05) is 49.2 Å².